The molecule has 4 heteroatoms. The maximum Gasteiger partial charge on any atom is 0.274 e. The number of amides is 1. The van der Waals surface area contributed by atoms with Crippen LogP contribution in [0.3, 0.4) is 0 Å². The Kier molecular flexibility index (Phi) is 4.80. The highest BCUT2D eigenvalue weighted by Crippen LogP contribution is 2.36. The summed E-state index contributed by atoms with van der Waals surface area (Å²) in [6.07, 6.45) is 0.892. The van der Waals surface area contributed by atoms with Gasteiger partial charge in [0.15, 0.2) is 5.69 Å². The predicted octanol–water partition coefficient (Wildman–Crippen LogP) is 4.79. The van der Waals surface area contributed by atoms with Crippen molar-refractivity contribution in [1.29, 1.82) is 0 Å². The van der Waals surface area contributed by atoms with Crippen LogP contribution in [-0.4, -0.2) is 27.1 Å². The molecule has 0 bridgehead atoms. The summed E-state index contributed by atoms with van der Waals surface area (Å²) in [6, 6.07) is 18.8. The molecule has 144 valence electrons. The van der Waals surface area contributed by atoms with Crippen molar-refractivity contribution in [3.8, 4) is 11.3 Å². The quantitative estimate of drug-likeness (QED) is 0.662. The maximum atomic E-state index is 13.4. The SMILES string of the molecule is Cc1ccc(-c2cc(C(=O)N3CCc4ccccc4C3C(C)C)nn2C)cc1. The summed E-state index contributed by atoms with van der Waals surface area (Å²) in [5, 5.41) is 4.56. The minimum atomic E-state index is 0.0159. The lowest BCUT2D eigenvalue weighted by Gasteiger charge is -2.39. The number of nitrogens with zero attached hydrogens (tertiary/aromatic N) is 3. The van der Waals surface area contributed by atoms with E-state index in [1.807, 2.05) is 18.0 Å². The summed E-state index contributed by atoms with van der Waals surface area (Å²) in [5.41, 5.74) is 6.39. The lowest BCUT2D eigenvalue weighted by atomic mass is 9.86. The number of fused-ring (bicyclic) bond motifs is 1. The molecule has 1 aromatic heterocycles. The molecule has 28 heavy (non-hydrogen) atoms. The van der Waals surface area contributed by atoms with Crippen molar-refractivity contribution >= 4 is 5.91 Å². The molecule has 0 saturated carbocycles. The fraction of sp³-hybridized carbons (Fsp3) is 0.333. The van der Waals surface area contributed by atoms with Crippen molar-refractivity contribution in [3.05, 3.63) is 77.0 Å². The zero-order valence-corrected chi connectivity index (χ0v) is 17.0. The Labute approximate surface area is 166 Å². The molecule has 0 aliphatic carbocycles. The monoisotopic (exact) mass is 373 g/mol. The normalized spacial score (nSPS) is 16.3. The van der Waals surface area contributed by atoms with Gasteiger partial charge in [-0.15, -0.1) is 0 Å². The van der Waals surface area contributed by atoms with E-state index in [9.17, 15) is 4.79 Å². The van der Waals surface area contributed by atoms with Crippen LogP contribution in [0.15, 0.2) is 54.6 Å². The number of benzene rings is 2. The molecule has 3 aromatic rings. The number of aromatic nitrogens is 2. The summed E-state index contributed by atoms with van der Waals surface area (Å²) >= 11 is 0. The van der Waals surface area contributed by atoms with Crippen LogP contribution in [0.5, 0.6) is 0 Å². The van der Waals surface area contributed by atoms with Crippen LogP contribution >= 0.6 is 0 Å². The lowest BCUT2D eigenvalue weighted by molar-refractivity contribution is 0.0596. The smallest absolute Gasteiger partial charge is 0.274 e. The summed E-state index contributed by atoms with van der Waals surface area (Å²) in [4.78, 5) is 15.4. The van der Waals surface area contributed by atoms with Gasteiger partial charge in [-0.25, -0.2) is 0 Å². The van der Waals surface area contributed by atoms with Crippen molar-refractivity contribution in [1.82, 2.24) is 14.7 Å². The Morgan fingerprint density at radius 2 is 1.82 bits per heavy atom. The summed E-state index contributed by atoms with van der Waals surface area (Å²) < 4.78 is 1.81. The number of carbonyl (C=O) groups excluding carboxylic acids is 1. The van der Waals surface area contributed by atoms with Crippen molar-refractivity contribution in [2.24, 2.45) is 13.0 Å². The molecule has 4 nitrogen and oxygen atoms in total. The second kappa shape index (κ2) is 7.27. The van der Waals surface area contributed by atoms with E-state index < -0.39 is 0 Å². The van der Waals surface area contributed by atoms with E-state index in [0.29, 0.717) is 11.6 Å². The van der Waals surface area contributed by atoms with Gasteiger partial charge in [-0.1, -0.05) is 67.9 Å². The Balaban J connectivity index is 1.68. The second-order valence-electron chi connectivity index (χ2n) is 8.04. The Hall–Kier alpha value is -2.88. The molecule has 1 atom stereocenters. The van der Waals surface area contributed by atoms with Crippen molar-refractivity contribution in [2.45, 2.75) is 33.2 Å². The van der Waals surface area contributed by atoms with Gasteiger partial charge in [-0.05, 0) is 42.0 Å². The van der Waals surface area contributed by atoms with E-state index in [1.165, 1.54) is 16.7 Å². The highest BCUT2D eigenvalue weighted by molar-refractivity contribution is 5.94. The molecule has 4 rings (SSSR count). The number of carbonyl (C=O) groups is 1. The van der Waals surface area contributed by atoms with E-state index in [0.717, 1.165) is 24.2 Å². The van der Waals surface area contributed by atoms with Gasteiger partial charge in [0.2, 0.25) is 0 Å². The Morgan fingerprint density at radius 1 is 1.11 bits per heavy atom. The molecule has 2 heterocycles. The van der Waals surface area contributed by atoms with Gasteiger partial charge in [0, 0.05) is 13.6 Å². The van der Waals surface area contributed by atoms with E-state index in [2.05, 4.69) is 74.4 Å². The third-order valence-electron chi connectivity index (χ3n) is 5.67. The van der Waals surface area contributed by atoms with Gasteiger partial charge in [0.25, 0.3) is 5.91 Å². The fourth-order valence-corrected chi connectivity index (χ4v) is 4.26. The number of aryl methyl sites for hydroxylation is 2. The van der Waals surface area contributed by atoms with Crippen LogP contribution in [0.2, 0.25) is 0 Å². The zero-order chi connectivity index (χ0) is 19.8. The summed E-state index contributed by atoms with van der Waals surface area (Å²) in [6.45, 7) is 7.17. The van der Waals surface area contributed by atoms with Gasteiger partial charge in [0.1, 0.15) is 0 Å². The van der Waals surface area contributed by atoms with Gasteiger partial charge in [-0.3, -0.25) is 9.48 Å². The zero-order valence-electron chi connectivity index (χ0n) is 17.0. The first-order chi connectivity index (χ1) is 13.5. The van der Waals surface area contributed by atoms with Gasteiger partial charge in [0.05, 0.1) is 11.7 Å². The molecule has 0 N–H and O–H groups in total. The van der Waals surface area contributed by atoms with Gasteiger partial charge in [-0.2, -0.15) is 5.10 Å². The summed E-state index contributed by atoms with van der Waals surface area (Å²) in [5.74, 6) is 0.354. The molecule has 0 saturated heterocycles. The molecule has 0 spiro atoms. The Morgan fingerprint density at radius 3 is 2.54 bits per heavy atom. The average Bonchev–Trinajstić information content (AvgIpc) is 3.08. The van der Waals surface area contributed by atoms with Crippen LogP contribution in [0.4, 0.5) is 0 Å². The third kappa shape index (κ3) is 3.24. The first kappa shape index (κ1) is 18.5. The van der Waals surface area contributed by atoms with Gasteiger partial charge >= 0.3 is 0 Å². The van der Waals surface area contributed by atoms with E-state index in [1.54, 1.807) is 4.68 Å². The standard InChI is InChI=1S/C24H27N3O/c1-16(2)23-20-8-6-5-7-18(20)13-14-27(23)24(28)21-15-22(26(4)25-21)19-11-9-17(3)10-12-19/h5-12,15-16,23H,13-14H2,1-4H3. The first-order valence-corrected chi connectivity index (χ1v) is 9.95. The largest absolute Gasteiger partial charge is 0.330 e. The fourth-order valence-electron chi connectivity index (χ4n) is 4.26. The minimum absolute atomic E-state index is 0.0159. The molecule has 0 fully saturated rings. The van der Waals surface area contributed by atoms with Crippen LogP contribution in [0.1, 0.15) is 47.1 Å². The van der Waals surface area contributed by atoms with Crippen LogP contribution < -0.4 is 0 Å². The number of rotatable bonds is 3. The minimum Gasteiger partial charge on any atom is -0.330 e. The van der Waals surface area contributed by atoms with Crippen LogP contribution in [0.25, 0.3) is 11.3 Å². The molecular formula is C24H27N3O. The highest BCUT2D eigenvalue weighted by atomic mass is 16.2. The van der Waals surface area contributed by atoms with Crippen molar-refractivity contribution in [3.63, 3.8) is 0 Å². The van der Waals surface area contributed by atoms with E-state index in [4.69, 9.17) is 0 Å². The highest BCUT2D eigenvalue weighted by Gasteiger charge is 2.34. The van der Waals surface area contributed by atoms with Crippen LogP contribution in [-0.2, 0) is 13.5 Å². The van der Waals surface area contributed by atoms with E-state index >= 15 is 0 Å². The molecule has 1 aliphatic heterocycles. The average molecular weight is 374 g/mol. The van der Waals surface area contributed by atoms with E-state index in [-0.39, 0.29) is 11.9 Å². The molecule has 1 aliphatic rings. The topological polar surface area (TPSA) is 38.1 Å². The number of hydrogen-bond donors (Lipinski definition) is 0. The molecule has 2 aromatic carbocycles. The van der Waals surface area contributed by atoms with Crippen molar-refractivity contribution < 1.29 is 4.79 Å². The molecular weight excluding hydrogens is 346 g/mol. The second-order valence-corrected chi connectivity index (χ2v) is 8.04. The molecule has 1 amide bonds. The number of hydrogen-bond acceptors (Lipinski definition) is 2. The third-order valence-corrected chi connectivity index (χ3v) is 5.67. The summed E-state index contributed by atoms with van der Waals surface area (Å²) in [7, 11) is 1.90. The van der Waals surface area contributed by atoms with Crippen LogP contribution in [0, 0.1) is 12.8 Å². The van der Waals surface area contributed by atoms with Crippen molar-refractivity contribution in [2.75, 3.05) is 6.54 Å². The first-order valence-electron chi connectivity index (χ1n) is 9.95. The van der Waals surface area contributed by atoms with Gasteiger partial charge < -0.3 is 4.90 Å². The Bertz CT molecular complexity index is 1000. The lowest BCUT2D eigenvalue weighted by Crippen LogP contribution is -2.42. The molecule has 1 unspecified atom stereocenters. The maximum absolute atomic E-state index is 13.4. The molecule has 0 radical (unpaired) electrons. The predicted molar refractivity (Wildman–Crippen MR) is 112 cm³/mol.